The summed E-state index contributed by atoms with van der Waals surface area (Å²) >= 11 is 11.8. The summed E-state index contributed by atoms with van der Waals surface area (Å²) in [6.07, 6.45) is 2.38. The molecule has 0 aliphatic rings. The Labute approximate surface area is 113 Å². The van der Waals surface area contributed by atoms with Crippen molar-refractivity contribution >= 4 is 29.0 Å². The highest BCUT2D eigenvalue weighted by Crippen LogP contribution is 2.26. The van der Waals surface area contributed by atoms with Gasteiger partial charge in [0, 0.05) is 12.6 Å². The van der Waals surface area contributed by atoms with Gasteiger partial charge in [-0.3, -0.25) is 9.78 Å². The maximum Gasteiger partial charge on any atom is 0.170 e. The van der Waals surface area contributed by atoms with Crippen LogP contribution >= 0.6 is 23.2 Å². The highest BCUT2D eigenvalue weighted by molar-refractivity contribution is 6.42. The number of aromatic nitrogens is 1. The van der Waals surface area contributed by atoms with Crippen LogP contribution in [0.3, 0.4) is 0 Å². The number of pyridine rings is 1. The molecule has 2 rings (SSSR count). The Balaban J connectivity index is 2.27. The molecule has 1 aromatic carbocycles. The molecular weight excluding hydrogens is 276 g/mol. The van der Waals surface area contributed by atoms with Crippen LogP contribution in [0.5, 0.6) is 0 Å². The number of carbonyl (C=O) groups is 1. The van der Waals surface area contributed by atoms with Crippen molar-refractivity contribution in [2.24, 2.45) is 0 Å². The van der Waals surface area contributed by atoms with Gasteiger partial charge in [-0.05, 0) is 17.7 Å². The van der Waals surface area contributed by atoms with Crippen molar-refractivity contribution in [2.45, 2.75) is 6.42 Å². The summed E-state index contributed by atoms with van der Waals surface area (Å²) in [5.74, 6) is -1.00. The first kappa shape index (κ1) is 13.0. The van der Waals surface area contributed by atoms with Crippen LogP contribution in [0.1, 0.15) is 15.9 Å². The fraction of sp³-hybridized carbons (Fsp3) is 0.0769. The lowest BCUT2D eigenvalue weighted by Gasteiger charge is -2.05. The number of nitrogens with zero attached hydrogens (tertiary/aromatic N) is 1. The second kappa shape index (κ2) is 5.46. The van der Waals surface area contributed by atoms with Crippen molar-refractivity contribution in [3.05, 3.63) is 63.6 Å². The Morgan fingerprint density at radius 3 is 2.78 bits per heavy atom. The molecule has 0 atom stereocenters. The van der Waals surface area contributed by atoms with Gasteiger partial charge < -0.3 is 0 Å². The van der Waals surface area contributed by atoms with E-state index in [1.165, 1.54) is 12.3 Å². The predicted molar refractivity (Wildman–Crippen MR) is 68.7 cm³/mol. The molecule has 0 saturated carbocycles. The van der Waals surface area contributed by atoms with Crippen LogP contribution in [0.4, 0.5) is 4.39 Å². The maximum absolute atomic E-state index is 13.4. The van der Waals surface area contributed by atoms with E-state index >= 15 is 0 Å². The van der Waals surface area contributed by atoms with Gasteiger partial charge in [-0.15, -0.1) is 0 Å². The molecule has 0 radical (unpaired) electrons. The van der Waals surface area contributed by atoms with Gasteiger partial charge in [0.2, 0.25) is 0 Å². The van der Waals surface area contributed by atoms with Gasteiger partial charge in [-0.25, -0.2) is 4.39 Å². The Kier molecular flexibility index (Phi) is 3.94. The number of ketones is 1. The zero-order valence-electron chi connectivity index (χ0n) is 9.16. The quantitative estimate of drug-likeness (QED) is 0.799. The fourth-order valence-electron chi connectivity index (χ4n) is 1.55. The van der Waals surface area contributed by atoms with Crippen molar-refractivity contribution in [1.82, 2.24) is 4.98 Å². The highest BCUT2D eigenvalue weighted by atomic mass is 35.5. The fourth-order valence-corrected chi connectivity index (χ4v) is 1.94. The Morgan fingerprint density at radius 2 is 2.06 bits per heavy atom. The molecule has 0 fully saturated rings. The van der Waals surface area contributed by atoms with E-state index in [4.69, 9.17) is 23.2 Å². The molecule has 0 amide bonds. The zero-order chi connectivity index (χ0) is 13.1. The third-order valence-corrected chi connectivity index (χ3v) is 3.31. The van der Waals surface area contributed by atoms with Crippen LogP contribution in [-0.4, -0.2) is 10.8 Å². The minimum atomic E-state index is -0.638. The second-order valence-corrected chi connectivity index (χ2v) is 4.45. The number of benzene rings is 1. The normalized spacial score (nSPS) is 10.4. The van der Waals surface area contributed by atoms with Gasteiger partial charge in [-0.2, -0.15) is 0 Å². The van der Waals surface area contributed by atoms with E-state index in [0.29, 0.717) is 15.6 Å². The number of halogens is 3. The second-order valence-electron chi connectivity index (χ2n) is 3.67. The van der Waals surface area contributed by atoms with Crippen LogP contribution in [0.2, 0.25) is 10.0 Å². The molecule has 0 bridgehead atoms. The van der Waals surface area contributed by atoms with E-state index in [9.17, 15) is 9.18 Å². The van der Waals surface area contributed by atoms with Crippen LogP contribution in [0.15, 0.2) is 36.7 Å². The van der Waals surface area contributed by atoms with Gasteiger partial charge >= 0.3 is 0 Å². The first-order valence-corrected chi connectivity index (χ1v) is 5.91. The third kappa shape index (κ3) is 2.68. The summed E-state index contributed by atoms with van der Waals surface area (Å²) in [7, 11) is 0. The molecule has 92 valence electrons. The van der Waals surface area contributed by atoms with E-state index in [1.54, 1.807) is 18.2 Å². The van der Waals surface area contributed by atoms with Crippen molar-refractivity contribution in [3.8, 4) is 0 Å². The SMILES string of the molecule is O=C(Cc1cccc(Cl)c1Cl)c1ccncc1F. The first-order chi connectivity index (χ1) is 8.59. The molecule has 2 aromatic rings. The van der Waals surface area contributed by atoms with E-state index < -0.39 is 5.82 Å². The Bertz CT molecular complexity index is 601. The average Bonchev–Trinajstić information content (AvgIpc) is 2.35. The minimum absolute atomic E-state index is 0.000324. The molecule has 0 unspecified atom stereocenters. The van der Waals surface area contributed by atoms with Crippen LogP contribution in [0, 0.1) is 5.82 Å². The number of carbonyl (C=O) groups excluding carboxylic acids is 1. The van der Waals surface area contributed by atoms with E-state index in [2.05, 4.69) is 4.98 Å². The lowest BCUT2D eigenvalue weighted by molar-refractivity contribution is 0.0989. The molecule has 5 heteroatoms. The molecule has 0 saturated heterocycles. The standard InChI is InChI=1S/C13H8Cl2FNO/c14-10-3-1-2-8(13(10)15)6-12(18)9-4-5-17-7-11(9)16/h1-5,7H,6H2. The van der Waals surface area contributed by atoms with Crippen LogP contribution in [0.25, 0.3) is 0 Å². The largest absolute Gasteiger partial charge is 0.294 e. The van der Waals surface area contributed by atoms with Gasteiger partial charge in [-0.1, -0.05) is 35.3 Å². The molecule has 0 N–H and O–H groups in total. The molecule has 18 heavy (non-hydrogen) atoms. The van der Waals surface area contributed by atoms with Crippen LogP contribution in [-0.2, 0) is 6.42 Å². The molecule has 1 aromatic heterocycles. The zero-order valence-corrected chi connectivity index (χ0v) is 10.7. The number of hydrogen-bond acceptors (Lipinski definition) is 2. The summed E-state index contributed by atoms with van der Waals surface area (Å²) in [5, 5.41) is 0.694. The summed E-state index contributed by atoms with van der Waals surface area (Å²) in [6, 6.07) is 6.35. The van der Waals surface area contributed by atoms with Gasteiger partial charge in [0.1, 0.15) is 0 Å². The predicted octanol–water partition coefficient (Wildman–Crippen LogP) is 3.95. The Morgan fingerprint density at radius 1 is 1.28 bits per heavy atom. The lowest BCUT2D eigenvalue weighted by atomic mass is 10.0. The van der Waals surface area contributed by atoms with Crippen molar-refractivity contribution in [1.29, 1.82) is 0 Å². The van der Waals surface area contributed by atoms with Crippen molar-refractivity contribution in [3.63, 3.8) is 0 Å². The number of Topliss-reactive ketones (excluding diaryl/α,β-unsaturated/α-hetero) is 1. The van der Waals surface area contributed by atoms with Gasteiger partial charge in [0.25, 0.3) is 0 Å². The molecule has 0 aliphatic heterocycles. The average molecular weight is 284 g/mol. The van der Waals surface area contributed by atoms with E-state index in [0.717, 1.165) is 6.20 Å². The van der Waals surface area contributed by atoms with Gasteiger partial charge in [0.15, 0.2) is 11.6 Å². The highest BCUT2D eigenvalue weighted by Gasteiger charge is 2.14. The maximum atomic E-state index is 13.4. The van der Waals surface area contributed by atoms with E-state index in [-0.39, 0.29) is 17.8 Å². The summed E-state index contributed by atoms with van der Waals surface area (Å²) in [4.78, 5) is 15.5. The number of rotatable bonds is 3. The number of hydrogen-bond donors (Lipinski definition) is 0. The molecule has 0 aliphatic carbocycles. The summed E-state index contributed by atoms with van der Waals surface area (Å²) in [6.45, 7) is 0. The minimum Gasteiger partial charge on any atom is -0.294 e. The third-order valence-electron chi connectivity index (χ3n) is 2.46. The topological polar surface area (TPSA) is 30.0 Å². The van der Waals surface area contributed by atoms with E-state index in [1.807, 2.05) is 0 Å². The Hall–Kier alpha value is -1.45. The summed E-state index contributed by atoms with van der Waals surface area (Å²) < 4.78 is 13.4. The molecule has 2 nitrogen and oxygen atoms in total. The molecule has 1 heterocycles. The summed E-state index contributed by atoms with van der Waals surface area (Å²) in [5.41, 5.74) is 0.575. The molecular formula is C13H8Cl2FNO. The molecule has 0 spiro atoms. The van der Waals surface area contributed by atoms with Crippen molar-refractivity contribution < 1.29 is 9.18 Å². The first-order valence-electron chi connectivity index (χ1n) is 5.15. The van der Waals surface area contributed by atoms with Crippen molar-refractivity contribution in [2.75, 3.05) is 0 Å². The monoisotopic (exact) mass is 283 g/mol. The smallest absolute Gasteiger partial charge is 0.170 e. The van der Waals surface area contributed by atoms with Crippen LogP contribution < -0.4 is 0 Å². The lowest BCUT2D eigenvalue weighted by Crippen LogP contribution is -2.07. The van der Waals surface area contributed by atoms with Gasteiger partial charge in [0.05, 0.1) is 21.8 Å².